The second-order valence-corrected chi connectivity index (χ2v) is 10.5. The summed E-state index contributed by atoms with van der Waals surface area (Å²) in [6.07, 6.45) is 0.127. The molecule has 4 rings (SSSR count). The van der Waals surface area contributed by atoms with Crippen molar-refractivity contribution in [2.24, 2.45) is 0 Å². The first-order valence-corrected chi connectivity index (χ1v) is 13.1. The zero-order valence-corrected chi connectivity index (χ0v) is 20.7. The molecule has 1 aliphatic heterocycles. The molecule has 198 valence electrons. The van der Waals surface area contributed by atoms with Crippen LogP contribution in [-0.2, 0) is 23.7 Å². The molecule has 17 heteroatoms. The summed E-state index contributed by atoms with van der Waals surface area (Å²) in [6.45, 7) is -0.190. The minimum atomic E-state index is -4.54. The van der Waals surface area contributed by atoms with E-state index in [1.165, 1.54) is 17.9 Å². The number of hydrogen-bond acceptors (Lipinski definition) is 11. The van der Waals surface area contributed by atoms with E-state index >= 15 is 0 Å². The number of anilines is 1. The normalized spacial score (nSPS) is 24.3. The Kier molecular flexibility index (Phi) is 9.14. The Balaban J connectivity index is 0.00000115. The molecule has 2 aromatic rings. The minimum Gasteiger partial charge on any atom is -0.387 e. The van der Waals surface area contributed by atoms with E-state index in [1.807, 2.05) is 0 Å². The number of imidazole rings is 1. The molecule has 1 aliphatic carbocycles. The third-order valence-corrected chi connectivity index (χ3v) is 6.77. The van der Waals surface area contributed by atoms with Gasteiger partial charge >= 0.3 is 13.7 Å². The molecule has 2 fully saturated rings. The van der Waals surface area contributed by atoms with Crippen LogP contribution < -0.4 is 5.32 Å². The van der Waals surface area contributed by atoms with Gasteiger partial charge in [0.15, 0.2) is 23.2 Å². The molecule has 1 saturated heterocycles. The lowest BCUT2D eigenvalue weighted by molar-refractivity contribution is -0.191. The largest absolute Gasteiger partial charge is 0.387 e. The number of aromatic nitrogens is 4. The molecule has 0 bridgehead atoms. The number of nitrogens with one attached hydrogen (secondary N) is 1. The number of fused-ring (bicyclic) bond motifs is 1. The average molecular weight is 549 g/mol. The van der Waals surface area contributed by atoms with Crippen molar-refractivity contribution >= 4 is 48.2 Å². The highest BCUT2D eigenvalue weighted by Gasteiger charge is 2.45. The first-order chi connectivity index (χ1) is 16.9. The van der Waals surface area contributed by atoms with E-state index in [0.717, 1.165) is 30.6 Å². The summed E-state index contributed by atoms with van der Waals surface area (Å²) in [4.78, 5) is 60.1. The van der Waals surface area contributed by atoms with Crippen molar-refractivity contribution in [3.63, 3.8) is 0 Å². The standard InChI is InChI=1S/C18H26ClN6O7P.CO2/c1-24(11(26)7-33(29,30)31)6-10-13(27)14(28)17(32-10)25-8-20-12-15(21-9-4-2-3-5-9)22-18(19)23-16(12)25;2-1-3/h8-10,13-14,17,27-28H,2-7H2,1H3,(H,21,22,23)(H2,29,30,31);/t10-,13-,14-,17-;/m1./s1. The first-order valence-electron chi connectivity index (χ1n) is 10.9. The lowest BCUT2D eigenvalue weighted by Crippen LogP contribution is -2.41. The fraction of sp³-hybridized carbons (Fsp3) is 0.632. The molecule has 2 aliphatic rings. The monoisotopic (exact) mass is 548 g/mol. The Bertz CT molecular complexity index is 1160. The zero-order chi connectivity index (χ0) is 26.6. The van der Waals surface area contributed by atoms with Crippen molar-refractivity contribution in [2.45, 2.75) is 56.3 Å². The third-order valence-electron chi connectivity index (χ3n) is 5.92. The Morgan fingerprint density at radius 2 is 1.92 bits per heavy atom. The number of amides is 1. The molecular weight excluding hydrogens is 523 g/mol. The van der Waals surface area contributed by atoms with Gasteiger partial charge in [0, 0.05) is 19.6 Å². The number of aliphatic hydroxyl groups excluding tert-OH is 2. The number of ether oxygens (including phenoxy) is 1. The first kappa shape index (κ1) is 28.1. The van der Waals surface area contributed by atoms with Crippen molar-refractivity contribution in [1.29, 1.82) is 0 Å². The van der Waals surface area contributed by atoms with Crippen LogP contribution in [0.25, 0.3) is 11.2 Å². The predicted octanol–water partition coefficient (Wildman–Crippen LogP) is -0.494. The fourth-order valence-corrected chi connectivity index (χ4v) is 4.98. The summed E-state index contributed by atoms with van der Waals surface area (Å²) in [5.74, 6) is -0.338. The second kappa shape index (κ2) is 11.7. The van der Waals surface area contributed by atoms with Crippen LogP contribution in [0.4, 0.5) is 5.82 Å². The van der Waals surface area contributed by atoms with Gasteiger partial charge in [-0.3, -0.25) is 13.9 Å². The third kappa shape index (κ3) is 6.64. The van der Waals surface area contributed by atoms with Gasteiger partial charge in [-0.15, -0.1) is 0 Å². The SMILES string of the molecule is CN(C[C@H]1O[C@@H](n2cnc3c(NC4CCCC4)nc(Cl)nc32)[C@H](O)[C@@H]1O)C(=O)CP(=O)(O)O.O=C=O. The van der Waals surface area contributed by atoms with Gasteiger partial charge in [-0.05, 0) is 24.4 Å². The number of nitrogens with zero attached hydrogens (tertiary/aromatic N) is 5. The minimum absolute atomic E-state index is 0.0166. The van der Waals surface area contributed by atoms with Gasteiger partial charge < -0.3 is 35.0 Å². The smallest absolute Gasteiger partial charge is 0.373 e. The van der Waals surface area contributed by atoms with Crippen LogP contribution in [0.15, 0.2) is 6.33 Å². The molecule has 0 radical (unpaired) electrons. The van der Waals surface area contributed by atoms with Crippen molar-refractivity contribution < 1.29 is 43.7 Å². The van der Waals surface area contributed by atoms with Gasteiger partial charge in [0.2, 0.25) is 11.2 Å². The summed E-state index contributed by atoms with van der Waals surface area (Å²) in [5, 5.41) is 24.4. The zero-order valence-electron chi connectivity index (χ0n) is 19.1. The van der Waals surface area contributed by atoms with Gasteiger partial charge in [-0.2, -0.15) is 19.6 Å². The van der Waals surface area contributed by atoms with Gasteiger partial charge in [-0.1, -0.05) is 12.8 Å². The summed E-state index contributed by atoms with van der Waals surface area (Å²) >= 11 is 6.13. The van der Waals surface area contributed by atoms with E-state index in [0.29, 0.717) is 17.0 Å². The average Bonchev–Trinajstić information content (AvgIpc) is 3.50. The van der Waals surface area contributed by atoms with E-state index in [1.54, 1.807) is 0 Å². The maximum absolute atomic E-state index is 12.0. The molecule has 36 heavy (non-hydrogen) atoms. The van der Waals surface area contributed by atoms with Crippen molar-refractivity contribution in [3.8, 4) is 0 Å². The number of carbonyl (C=O) groups excluding carboxylic acids is 3. The molecule has 2 aromatic heterocycles. The van der Waals surface area contributed by atoms with Crippen LogP contribution >= 0.6 is 19.2 Å². The molecule has 15 nitrogen and oxygen atoms in total. The number of halogens is 1. The Morgan fingerprint density at radius 3 is 2.53 bits per heavy atom. The van der Waals surface area contributed by atoms with Crippen molar-refractivity contribution in [3.05, 3.63) is 11.6 Å². The Hall–Kier alpha value is -2.48. The molecule has 0 unspecified atom stereocenters. The van der Waals surface area contributed by atoms with Gasteiger partial charge in [-0.25, -0.2) is 4.98 Å². The predicted molar refractivity (Wildman–Crippen MR) is 122 cm³/mol. The Morgan fingerprint density at radius 1 is 1.28 bits per heavy atom. The van der Waals surface area contributed by atoms with E-state index in [2.05, 4.69) is 20.3 Å². The van der Waals surface area contributed by atoms with Gasteiger partial charge in [0.1, 0.15) is 24.5 Å². The molecular formula is C19H26ClN6O9P. The number of aliphatic hydroxyl groups is 2. The van der Waals surface area contributed by atoms with E-state index in [4.69, 9.17) is 35.7 Å². The highest BCUT2D eigenvalue weighted by Crippen LogP contribution is 2.36. The quantitative estimate of drug-likeness (QED) is 0.218. The van der Waals surface area contributed by atoms with Crippen LogP contribution in [0.1, 0.15) is 31.9 Å². The molecule has 0 spiro atoms. The van der Waals surface area contributed by atoms with Gasteiger partial charge in [0.25, 0.3) is 0 Å². The maximum atomic E-state index is 12.0. The van der Waals surface area contributed by atoms with E-state index in [9.17, 15) is 19.6 Å². The van der Waals surface area contributed by atoms with Crippen LogP contribution in [0, 0.1) is 0 Å². The fourth-order valence-electron chi connectivity index (χ4n) is 4.22. The lowest BCUT2D eigenvalue weighted by Gasteiger charge is -2.23. The number of likely N-dealkylation sites (N-methyl/N-ethyl adjacent to an activating group) is 1. The summed E-state index contributed by atoms with van der Waals surface area (Å²) in [5.41, 5.74) is 0.743. The number of hydrogen-bond donors (Lipinski definition) is 5. The summed E-state index contributed by atoms with van der Waals surface area (Å²) < 4.78 is 18.3. The van der Waals surface area contributed by atoms with Crippen molar-refractivity contribution in [1.82, 2.24) is 24.4 Å². The van der Waals surface area contributed by atoms with Crippen LogP contribution in [0.2, 0.25) is 5.28 Å². The maximum Gasteiger partial charge on any atom is 0.373 e. The van der Waals surface area contributed by atoms with Crippen LogP contribution in [0.5, 0.6) is 0 Å². The van der Waals surface area contributed by atoms with Gasteiger partial charge in [0.05, 0.1) is 6.33 Å². The molecule has 1 saturated carbocycles. The van der Waals surface area contributed by atoms with E-state index < -0.39 is 44.2 Å². The van der Waals surface area contributed by atoms with E-state index in [-0.39, 0.29) is 24.0 Å². The second-order valence-electron chi connectivity index (χ2n) is 8.52. The Labute approximate surface area is 209 Å². The van der Waals surface area contributed by atoms with Crippen molar-refractivity contribution in [2.75, 3.05) is 25.1 Å². The highest BCUT2D eigenvalue weighted by molar-refractivity contribution is 7.52. The number of rotatable bonds is 7. The molecule has 5 N–H and O–H groups in total. The molecule has 3 heterocycles. The number of carbonyl (C=O) groups is 1. The molecule has 4 atom stereocenters. The molecule has 0 aromatic carbocycles. The van der Waals surface area contributed by atoms with Crippen LogP contribution in [-0.4, -0.2) is 101 Å². The molecule has 1 amide bonds. The highest BCUT2D eigenvalue weighted by atomic mass is 35.5. The topological polar surface area (TPSA) is 217 Å². The summed E-state index contributed by atoms with van der Waals surface area (Å²) in [7, 11) is -3.21. The lowest BCUT2D eigenvalue weighted by atomic mass is 10.1. The van der Waals surface area contributed by atoms with Crippen LogP contribution in [0.3, 0.4) is 0 Å². The summed E-state index contributed by atoms with van der Waals surface area (Å²) in [6, 6.07) is 0.255.